The van der Waals surface area contributed by atoms with Crippen molar-refractivity contribution in [3.05, 3.63) is 48.2 Å². The van der Waals surface area contributed by atoms with Gasteiger partial charge in [-0.05, 0) is 36.4 Å². The number of hydrogen-bond acceptors (Lipinski definition) is 4. The van der Waals surface area contributed by atoms with Crippen LogP contribution in [0, 0.1) is 0 Å². The Kier molecular flexibility index (Phi) is 4.17. The monoisotopic (exact) mass is 316 g/mol. The molecule has 0 spiro atoms. The van der Waals surface area contributed by atoms with Gasteiger partial charge >= 0.3 is 6.36 Å². The Hall–Kier alpha value is -2.09. The maximum Gasteiger partial charge on any atom is 0.573 e. The largest absolute Gasteiger partial charge is 0.573 e. The van der Waals surface area contributed by atoms with Gasteiger partial charge in [-0.1, -0.05) is 0 Å². The topological polar surface area (TPSA) is 55.6 Å². The summed E-state index contributed by atoms with van der Waals surface area (Å²) in [6, 6.07) is 5.22. The summed E-state index contributed by atoms with van der Waals surface area (Å²) in [7, 11) is 0. The van der Waals surface area contributed by atoms with Crippen molar-refractivity contribution in [1.29, 1.82) is 0 Å². The molecule has 0 saturated carbocycles. The lowest BCUT2D eigenvalue weighted by molar-refractivity contribution is -0.274. The standard InChI is InChI=1S/C13H11F3N2O2S/c14-13(15,16)20-9-5-3-8(4-6-9)18-7-1-2-10(11(17)19)12(18)21/h1-7,12,21H,(H2,17,19). The number of halogens is 3. The maximum absolute atomic E-state index is 12.1. The minimum Gasteiger partial charge on any atom is -0.406 e. The lowest BCUT2D eigenvalue weighted by Gasteiger charge is -2.30. The van der Waals surface area contributed by atoms with Crippen LogP contribution < -0.4 is 15.4 Å². The fraction of sp³-hybridized carbons (Fsp3) is 0.154. The first-order valence-electron chi connectivity index (χ1n) is 5.78. The van der Waals surface area contributed by atoms with Crippen molar-refractivity contribution in [2.75, 3.05) is 4.90 Å². The van der Waals surface area contributed by atoms with E-state index in [-0.39, 0.29) is 11.3 Å². The number of nitrogens with zero attached hydrogens (tertiary/aromatic N) is 1. The van der Waals surface area contributed by atoms with E-state index < -0.39 is 17.6 Å². The van der Waals surface area contributed by atoms with Crippen LogP contribution in [0.2, 0.25) is 0 Å². The number of carbonyl (C=O) groups is 1. The van der Waals surface area contributed by atoms with Gasteiger partial charge < -0.3 is 15.4 Å². The number of carbonyl (C=O) groups excluding carboxylic acids is 1. The molecule has 1 aliphatic heterocycles. The molecule has 0 aliphatic carbocycles. The van der Waals surface area contributed by atoms with Crippen molar-refractivity contribution in [1.82, 2.24) is 0 Å². The van der Waals surface area contributed by atoms with Crippen LogP contribution in [0.15, 0.2) is 48.2 Å². The minimum atomic E-state index is -4.74. The Labute approximate surface area is 124 Å². The second-order valence-corrected chi connectivity index (χ2v) is 4.64. The molecule has 1 aliphatic rings. The predicted octanol–water partition coefficient (Wildman–Crippen LogP) is 2.59. The van der Waals surface area contributed by atoms with E-state index in [0.717, 1.165) is 0 Å². The van der Waals surface area contributed by atoms with Gasteiger partial charge in [0.05, 0.1) is 0 Å². The smallest absolute Gasteiger partial charge is 0.406 e. The number of alkyl halides is 3. The number of hydrogen-bond donors (Lipinski definition) is 2. The molecule has 1 amide bonds. The molecule has 8 heteroatoms. The molecule has 21 heavy (non-hydrogen) atoms. The van der Waals surface area contributed by atoms with Gasteiger partial charge in [0.25, 0.3) is 0 Å². The third-order valence-electron chi connectivity index (χ3n) is 2.72. The fourth-order valence-corrected chi connectivity index (χ4v) is 2.24. The van der Waals surface area contributed by atoms with Crippen LogP contribution in [0.4, 0.5) is 18.9 Å². The van der Waals surface area contributed by atoms with E-state index in [4.69, 9.17) is 5.73 Å². The van der Waals surface area contributed by atoms with E-state index in [9.17, 15) is 18.0 Å². The predicted molar refractivity (Wildman–Crippen MR) is 74.8 cm³/mol. The number of rotatable bonds is 3. The maximum atomic E-state index is 12.1. The summed E-state index contributed by atoms with van der Waals surface area (Å²) < 4.78 is 40.0. The first kappa shape index (κ1) is 15.3. The summed E-state index contributed by atoms with van der Waals surface area (Å²) in [6.45, 7) is 0. The Morgan fingerprint density at radius 2 is 1.90 bits per heavy atom. The molecule has 1 aromatic carbocycles. The summed E-state index contributed by atoms with van der Waals surface area (Å²) in [5.74, 6) is -0.935. The molecule has 2 rings (SSSR count). The SMILES string of the molecule is NC(=O)C1=CC=CN(c2ccc(OC(F)(F)F)cc2)C1S. The molecule has 4 nitrogen and oxygen atoms in total. The van der Waals surface area contributed by atoms with Crippen molar-refractivity contribution in [3.63, 3.8) is 0 Å². The van der Waals surface area contributed by atoms with Crippen LogP contribution in [0.3, 0.4) is 0 Å². The molecule has 0 aromatic heterocycles. The third-order valence-corrected chi connectivity index (χ3v) is 3.24. The quantitative estimate of drug-likeness (QED) is 0.843. The van der Waals surface area contributed by atoms with Gasteiger partial charge in [0, 0.05) is 17.5 Å². The molecule has 2 N–H and O–H groups in total. The Balaban J connectivity index is 2.18. The number of nitrogens with two attached hydrogens (primary N) is 1. The number of anilines is 1. The van der Waals surface area contributed by atoms with E-state index in [1.54, 1.807) is 17.2 Å². The van der Waals surface area contributed by atoms with Crippen molar-refractivity contribution < 1.29 is 22.7 Å². The van der Waals surface area contributed by atoms with Crippen LogP contribution in [0.5, 0.6) is 5.75 Å². The molecule has 0 fully saturated rings. The van der Waals surface area contributed by atoms with Gasteiger partial charge in [-0.3, -0.25) is 4.79 Å². The zero-order valence-corrected chi connectivity index (χ0v) is 11.4. The van der Waals surface area contributed by atoms with Crippen molar-refractivity contribution in [3.8, 4) is 5.75 Å². The summed E-state index contributed by atoms with van der Waals surface area (Å²) >= 11 is 4.29. The van der Waals surface area contributed by atoms with Gasteiger partial charge in [-0.2, -0.15) is 0 Å². The van der Waals surface area contributed by atoms with Gasteiger partial charge in [-0.25, -0.2) is 0 Å². The molecule has 112 valence electrons. The van der Waals surface area contributed by atoms with E-state index in [0.29, 0.717) is 5.69 Å². The molecular weight excluding hydrogens is 305 g/mol. The molecule has 1 heterocycles. The first-order valence-corrected chi connectivity index (χ1v) is 6.30. The van der Waals surface area contributed by atoms with Gasteiger partial charge in [-0.15, -0.1) is 25.8 Å². The summed E-state index contributed by atoms with van der Waals surface area (Å²) in [6.07, 6.45) is 0.0504. The molecule has 1 aromatic rings. The Morgan fingerprint density at radius 1 is 1.29 bits per heavy atom. The van der Waals surface area contributed by atoms with Crippen LogP contribution in [0.25, 0.3) is 0 Å². The third kappa shape index (κ3) is 3.72. The highest BCUT2D eigenvalue weighted by atomic mass is 32.1. The average Bonchev–Trinajstić information content (AvgIpc) is 2.38. The lowest BCUT2D eigenvalue weighted by Crippen LogP contribution is -2.35. The number of primary amides is 1. The second-order valence-electron chi connectivity index (χ2n) is 4.15. The highest BCUT2D eigenvalue weighted by Gasteiger charge is 2.31. The summed E-state index contributed by atoms with van der Waals surface area (Å²) in [5, 5.41) is -0.609. The first-order chi connectivity index (χ1) is 9.78. The molecule has 0 radical (unpaired) electrons. The van der Waals surface area contributed by atoms with Crippen LogP contribution >= 0.6 is 12.6 Å². The molecule has 1 atom stereocenters. The number of thiol groups is 1. The van der Waals surface area contributed by atoms with Gasteiger partial charge in [0.1, 0.15) is 11.1 Å². The minimum absolute atomic E-state index is 0.288. The van der Waals surface area contributed by atoms with Crippen molar-refractivity contribution >= 4 is 24.2 Å². The van der Waals surface area contributed by atoms with Crippen LogP contribution in [-0.4, -0.2) is 17.6 Å². The average molecular weight is 316 g/mol. The zero-order chi connectivity index (χ0) is 15.6. The zero-order valence-electron chi connectivity index (χ0n) is 10.5. The van der Waals surface area contributed by atoms with Crippen molar-refractivity contribution in [2.24, 2.45) is 5.73 Å². The Morgan fingerprint density at radius 3 is 2.43 bits per heavy atom. The van der Waals surface area contributed by atoms with Gasteiger partial charge in [0.2, 0.25) is 5.91 Å². The lowest BCUT2D eigenvalue weighted by atomic mass is 10.1. The highest BCUT2D eigenvalue weighted by Crippen LogP contribution is 2.29. The van der Waals surface area contributed by atoms with Gasteiger partial charge in [0.15, 0.2) is 0 Å². The summed E-state index contributed by atoms with van der Waals surface area (Å²) in [4.78, 5) is 12.8. The number of allylic oxidation sites excluding steroid dienone is 2. The van der Waals surface area contributed by atoms with Crippen molar-refractivity contribution in [2.45, 2.75) is 11.7 Å². The number of amides is 1. The molecular formula is C13H11F3N2O2S. The fourth-order valence-electron chi connectivity index (χ4n) is 1.81. The Bertz CT molecular complexity index is 596. The highest BCUT2D eigenvalue weighted by molar-refractivity contribution is 7.81. The van der Waals surface area contributed by atoms with E-state index >= 15 is 0 Å². The number of ether oxygens (including phenoxy) is 1. The van der Waals surface area contributed by atoms with Crippen LogP contribution in [-0.2, 0) is 4.79 Å². The van der Waals surface area contributed by atoms with E-state index in [2.05, 4.69) is 17.4 Å². The molecule has 0 saturated heterocycles. The number of benzene rings is 1. The van der Waals surface area contributed by atoms with E-state index in [1.807, 2.05) is 0 Å². The molecule has 1 unspecified atom stereocenters. The van der Waals surface area contributed by atoms with Crippen LogP contribution in [0.1, 0.15) is 0 Å². The normalized spacial score (nSPS) is 18.4. The summed E-state index contributed by atoms with van der Waals surface area (Å²) in [5.41, 5.74) is 6.07. The second kappa shape index (κ2) is 5.72. The van der Waals surface area contributed by atoms with E-state index in [1.165, 1.54) is 30.3 Å². The molecule has 0 bridgehead atoms.